The zero-order chi connectivity index (χ0) is 20.9. The van der Waals surface area contributed by atoms with Gasteiger partial charge in [0.25, 0.3) is 0 Å². The van der Waals surface area contributed by atoms with Crippen molar-refractivity contribution in [3.63, 3.8) is 0 Å². The number of aryl methyl sites for hydroxylation is 2. The van der Waals surface area contributed by atoms with Crippen molar-refractivity contribution < 1.29 is 14.3 Å². The van der Waals surface area contributed by atoms with Gasteiger partial charge in [-0.25, -0.2) is 0 Å². The van der Waals surface area contributed by atoms with E-state index in [0.29, 0.717) is 64.3 Å². The highest BCUT2D eigenvalue weighted by molar-refractivity contribution is 5.77. The van der Waals surface area contributed by atoms with E-state index in [9.17, 15) is 9.59 Å². The van der Waals surface area contributed by atoms with E-state index in [1.165, 1.54) is 12.8 Å². The van der Waals surface area contributed by atoms with E-state index in [1.54, 1.807) is 0 Å². The third-order valence-corrected chi connectivity index (χ3v) is 6.59. The number of nitrogens with zero attached hydrogens (tertiary/aromatic N) is 4. The van der Waals surface area contributed by atoms with Crippen LogP contribution in [0.5, 0.6) is 0 Å². The number of ether oxygens (including phenoxy) is 1. The zero-order valence-corrected chi connectivity index (χ0v) is 18.1. The molecular weight excluding hydrogens is 382 g/mol. The monoisotopic (exact) mass is 417 g/mol. The number of carbonyl (C=O) groups is 2. The van der Waals surface area contributed by atoms with E-state index in [0.717, 1.165) is 31.0 Å². The van der Waals surface area contributed by atoms with Gasteiger partial charge < -0.3 is 15.0 Å². The van der Waals surface area contributed by atoms with Crippen LogP contribution in [0.4, 0.5) is 0 Å². The lowest BCUT2D eigenvalue weighted by molar-refractivity contribution is -0.136. The summed E-state index contributed by atoms with van der Waals surface area (Å²) in [6.07, 6.45) is 7.62. The van der Waals surface area contributed by atoms with Crippen LogP contribution in [0.2, 0.25) is 0 Å². The molecule has 0 bridgehead atoms. The first-order chi connectivity index (χ1) is 14.6. The van der Waals surface area contributed by atoms with Gasteiger partial charge in [-0.1, -0.05) is 0 Å². The van der Waals surface area contributed by atoms with E-state index in [4.69, 9.17) is 4.74 Å². The Labute approximate surface area is 178 Å². The highest BCUT2D eigenvalue weighted by Gasteiger charge is 2.38. The van der Waals surface area contributed by atoms with Gasteiger partial charge in [-0.15, -0.1) is 0 Å². The standard InChI is InChI=1S/C22H35N5O3/c1-17-6-8-26(24-17)9-7-21(28)23-15-20-5-4-19(27(20)16-18-2-3-18)14-22(29)25-10-12-30-13-11-25/h6,8,18-20H,2-5,7,9-16H2,1H3,(H,23,28)/t19-,20+/m1/s1. The molecule has 1 aliphatic carbocycles. The maximum atomic E-state index is 12.8. The van der Waals surface area contributed by atoms with E-state index >= 15 is 0 Å². The molecule has 0 radical (unpaired) electrons. The maximum Gasteiger partial charge on any atom is 0.224 e. The number of nitrogens with one attached hydrogen (secondary N) is 1. The largest absolute Gasteiger partial charge is 0.378 e. The van der Waals surface area contributed by atoms with Gasteiger partial charge >= 0.3 is 0 Å². The Morgan fingerprint density at radius 3 is 2.63 bits per heavy atom. The average molecular weight is 418 g/mol. The second kappa shape index (κ2) is 9.92. The quantitative estimate of drug-likeness (QED) is 0.653. The van der Waals surface area contributed by atoms with Crippen molar-refractivity contribution in [2.24, 2.45) is 5.92 Å². The number of likely N-dealkylation sites (tertiary alicyclic amines) is 1. The topological polar surface area (TPSA) is 79.7 Å². The molecule has 2 saturated heterocycles. The van der Waals surface area contributed by atoms with Crippen molar-refractivity contribution in [2.45, 2.75) is 64.1 Å². The van der Waals surface area contributed by atoms with Gasteiger partial charge in [-0.3, -0.25) is 19.2 Å². The number of aromatic nitrogens is 2. The average Bonchev–Trinajstić information content (AvgIpc) is 3.36. The fourth-order valence-electron chi connectivity index (χ4n) is 4.62. The molecule has 1 aromatic heterocycles. The fraction of sp³-hybridized carbons (Fsp3) is 0.773. The molecule has 3 aliphatic rings. The summed E-state index contributed by atoms with van der Waals surface area (Å²) in [5.41, 5.74) is 0.967. The van der Waals surface area contributed by atoms with Crippen LogP contribution in [0, 0.1) is 12.8 Å². The lowest BCUT2D eigenvalue weighted by atomic mass is 10.1. The lowest BCUT2D eigenvalue weighted by Gasteiger charge is -2.33. The van der Waals surface area contributed by atoms with Gasteiger partial charge in [0.05, 0.1) is 18.9 Å². The van der Waals surface area contributed by atoms with Crippen molar-refractivity contribution >= 4 is 11.8 Å². The summed E-state index contributed by atoms with van der Waals surface area (Å²) in [6.45, 7) is 7.01. The second-order valence-electron chi connectivity index (χ2n) is 9.00. The number of hydrogen-bond donors (Lipinski definition) is 1. The minimum atomic E-state index is 0.0716. The molecule has 8 nitrogen and oxygen atoms in total. The normalized spacial score (nSPS) is 24.9. The summed E-state index contributed by atoms with van der Waals surface area (Å²) in [5.74, 6) is 1.09. The Bertz CT molecular complexity index is 726. The Morgan fingerprint density at radius 2 is 1.93 bits per heavy atom. The van der Waals surface area contributed by atoms with Crippen LogP contribution in [0.3, 0.4) is 0 Å². The molecule has 8 heteroatoms. The minimum Gasteiger partial charge on any atom is -0.378 e. The highest BCUT2D eigenvalue weighted by Crippen LogP contribution is 2.35. The van der Waals surface area contributed by atoms with Crippen molar-refractivity contribution in [2.75, 3.05) is 39.4 Å². The van der Waals surface area contributed by atoms with Crippen LogP contribution >= 0.6 is 0 Å². The molecule has 2 amide bonds. The van der Waals surface area contributed by atoms with Gasteiger partial charge in [-0.2, -0.15) is 5.10 Å². The molecule has 3 fully saturated rings. The molecule has 0 unspecified atom stereocenters. The van der Waals surface area contributed by atoms with Gasteiger partial charge in [0, 0.05) is 63.8 Å². The number of hydrogen-bond acceptors (Lipinski definition) is 5. The minimum absolute atomic E-state index is 0.0716. The van der Waals surface area contributed by atoms with Gasteiger partial charge in [0.15, 0.2) is 0 Å². The number of rotatable bonds is 9. The highest BCUT2D eigenvalue weighted by atomic mass is 16.5. The van der Waals surface area contributed by atoms with Gasteiger partial charge in [-0.05, 0) is 44.6 Å². The smallest absolute Gasteiger partial charge is 0.224 e. The summed E-state index contributed by atoms with van der Waals surface area (Å²) >= 11 is 0. The van der Waals surface area contributed by atoms with Crippen LogP contribution in [0.15, 0.2) is 12.3 Å². The second-order valence-corrected chi connectivity index (χ2v) is 9.00. The molecule has 166 valence electrons. The third kappa shape index (κ3) is 5.82. The number of carbonyl (C=O) groups excluding carboxylic acids is 2. The Morgan fingerprint density at radius 1 is 1.17 bits per heavy atom. The van der Waals surface area contributed by atoms with Gasteiger partial charge in [0.1, 0.15) is 0 Å². The van der Waals surface area contributed by atoms with Crippen molar-refractivity contribution in [3.05, 3.63) is 18.0 Å². The van der Waals surface area contributed by atoms with Crippen molar-refractivity contribution in [3.8, 4) is 0 Å². The molecule has 1 aromatic rings. The summed E-state index contributed by atoms with van der Waals surface area (Å²) < 4.78 is 7.19. The molecular formula is C22H35N5O3. The third-order valence-electron chi connectivity index (χ3n) is 6.59. The van der Waals surface area contributed by atoms with E-state index in [-0.39, 0.29) is 11.8 Å². The molecule has 4 rings (SSSR count). The number of amides is 2. The molecule has 0 spiro atoms. The first-order valence-corrected chi connectivity index (χ1v) is 11.5. The summed E-state index contributed by atoms with van der Waals surface area (Å²) in [4.78, 5) is 29.6. The van der Waals surface area contributed by atoms with Crippen LogP contribution in [0.1, 0.15) is 44.2 Å². The molecule has 2 atom stereocenters. The molecule has 1 N–H and O–H groups in total. The maximum absolute atomic E-state index is 12.8. The van der Waals surface area contributed by atoms with Crippen LogP contribution in [-0.4, -0.2) is 82.9 Å². The fourth-order valence-corrected chi connectivity index (χ4v) is 4.62. The van der Waals surface area contributed by atoms with Crippen LogP contribution in [0.25, 0.3) is 0 Å². The van der Waals surface area contributed by atoms with E-state index in [2.05, 4.69) is 15.3 Å². The lowest BCUT2D eigenvalue weighted by Crippen LogP contribution is -2.47. The Hall–Kier alpha value is -1.93. The summed E-state index contributed by atoms with van der Waals surface area (Å²) in [7, 11) is 0. The predicted molar refractivity (Wildman–Crippen MR) is 113 cm³/mol. The summed E-state index contributed by atoms with van der Waals surface area (Å²) in [6, 6.07) is 2.59. The number of morpholine rings is 1. The zero-order valence-electron chi connectivity index (χ0n) is 18.1. The molecule has 2 aliphatic heterocycles. The SMILES string of the molecule is Cc1ccn(CCC(=O)NC[C@@H]2CC[C@H](CC(=O)N3CCOCC3)N2CC2CC2)n1. The molecule has 30 heavy (non-hydrogen) atoms. The van der Waals surface area contributed by atoms with E-state index < -0.39 is 0 Å². The van der Waals surface area contributed by atoms with Gasteiger partial charge in [0.2, 0.25) is 11.8 Å². The molecule has 0 aromatic carbocycles. The Balaban J connectivity index is 1.25. The van der Waals surface area contributed by atoms with Crippen molar-refractivity contribution in [1.82, 2.24) is 24.9 Å². The predicted octanol–water partition coefficient (Wildman–Crippen LogP) is 1.19. The molecule has 1 saturated carbocycles. The van der Waals surface area contributed by atoms with Crippen LogP contribution < -0.4 is 5.32 Å². The van der Waals surface area contributed by atoms with Crippen molar-refractivity contribution in [1.29, 1.82) is 0 Å². The molecule has 3 heterocycles. The summed E-state index contributed by atoms with van der Waals surface area (Å²) in [5, 5.41) is 7.46. The Kier molecular flexibility index (Phi) is 7.04. The first kappa shape index (κ1) is 21.3. The van der Waals surface area contributed by atoms with E-state index in [1.807, 2.05) is 28.8 Å². The van der Waals surface area contributed by atoms with Crippen LogP contribution in [-0.2, 0) is 20.9 Å². The first-order valence-electron chi connectivity index (χ1n) is 11.5.